The Labute approximate surface area is 145 Å². The molecule has 1 aromatic carbocycles. The molecule has 0 aromatic heterocycles. The van der Waals surface area contributed by atoms with Crippen LogP contribution >= 0.6 is 11.8 Å². The Balaban J connectivity index is 2.12. The third-order valence-electron chi connectivity index (χ3n) is 3.94. The van der Waals surface area contributed by atoms with Gasteiger partial charge in [0.05, 0.1) is 28.7 Å². The van der Waals surface area contributed by atoms with Crippen LogP contribution in [0.5, 0.6) is 0 Å². The molecule has 0 unspecified atom stereocenters. The third kappa shape index (κ3) is 2.86. The van der Waals surface area contributed by atoms with E-state index in [4.69, 9.17) is 4.74 Å². The first-order valence-corrected chi connectivity index (χ1v) is 8.83. The Morgan fingerprint density at radius 3 is 2.58 bits per heavy atom. The van der Waals surface area contributed by atoms with Gasteiger partial charge in [0.2, 0.25) is 5.91 Å². The highest BCUT2D eigenvalue weighted by Crippen LogP contribution is 2.43. The lowest BCUT2D eigenvalue weighted by Gasteiger charge is -2.33. The van der Waals surface area contributed by atoms with Gasteiger partial charge in [-0.15, -0.1) is 0 Å². The quantitative estimate of drug-likeness (QED) is 0.790. The van der Waals surface area contributed by atoms with E-state index in [-0.39, 0.29) is 17.3 Å². The molecule has 1 aromatic rings. The number of esters is 1. The van der Waals surface area contributed by atoms with E-state index in [1.807, 2.05) is 51.1 Å². The van der Waals surface area contributed by atoms with Crippen LogP contribution in [-0.4, -0.2) is 33.3 Å². The predicted molar refractivity (Wildman–Crippen MR) is 94.4 cm³/mol. The van der Waals surface area contributed by atoms with Crippen molar-refractivity contribution in [1.29, 1.82) is 0 Å². The van der Waals surface area contributed by atoms with Crippen LogP contribution < -0.4 is 0 Å². The Hall–Kier alpha value is -2.08. The van der Waals surface area contributed by atoms with Crippen molar-refractivity contribution in [2.24, 2.45) is 4.99 Å². The summed E-state index contributed by atoms with van der Waals surface area (Å²) in [5, 5.41) is 0.447. The first-order chi connectivity index (χ1) is 11.4. The summed E-state index contributed by atoms with van der Waals surface area (Å²) in [4.78, 5) is 31.5. The molecule has 0 spiro atoms. The third-order valence-corrected chi connectivity index (χ3v) is 4.99. The number of allylic oxidation sites excluding steroid dienone is 1. The molecule has 2 aliphatic heterocycles. The summed E-state index contributed by atoms with van der Waals surface area (Å²) in [5.41, 5.74) is 1.92. The molecule has 0 aliphatic carbocycles. The van der Waals surface area contributed by atoms with Gasteiger partial charge in [-0.1, -0.05) is 42.1 Å². The van der Waals surface area contributed by atoms with Crippen molar-refractivity contribution < 1.29 is 14.3 Å². The molecule has 126 valence electrons. The highest BCUT2D eigenvalue weighted by atomic mass is 32.2. The van der Waals surface area contributed by atoms with Gasteiger partial charge in [0.15, 0.2) is 5.17 Å². The fourth-order valence-electron chi connectivity index (χ4n) is 2.89. The number of carbonyl (C=O) groups excluding carboxylic acids is 2. The van der Waals surface area contributed by atoms with Crippen molar-refractivity contribution in [2.75, 3.05) is 0 Å². The van der Waals surface area contributed by atoms with Crippen LogP contribution in [-0.2, 0) is 14.3 Å². The van der Waals surface area contributed by atoms with Gasteiger partial charge in [-0.2, -0.15) is 0 Å². The molecular weight excluding hydrogens is 324 g/mol. The molecular formula is C18H20N2O3S. The van der Waals surface area contributed by atoms with Gasteiger partial charge in [0, 0.05) is 0 Å². The van der Waals surface area contributed by atoms with Crippen LogP contribution in [0.1, 0.15) is 39.3 Å². The SMILES string of the molecule is CC1=C(C(=O)OC(C)C)[C@H](c2ccccc2)N2C(=O)[C@@H](C)SC2=N1. The maximum atomic E-state index is 12.7. The number of ether oxygens (including phenoxy) is 1. The molecule has 2 heterocycles. The van der Waals surface area contributed by atoms with Crippen LogP contribution in [0.2, 0.25) is 0 Å². The van der Waals surface area contributed by atoms with Crippen LogP contribution in [0.25, 0.3) is 0 Å². The minimum Gasteiger partial charge on any atom is -0.459 e. The standard InChI is InChI=1S/C18H20N2O3S/c1-10(2)23-17(22)14-11(3)19-18-20(16(21)12(4)24-18)15(14)13-8-6-5-7-9-13/h5-10,12,15H,1-4H3/t12-,15+/m1/s1. The number of fused-ring (bicyclic) bond motifs is 1. The minimum atomic E-state index is -0.491. The number of aliphatic imine (C=N–C) groups is 1. The van der Waals surface area contributed by atoms with Crippen molar-refractivity contribution in [3.63, 3.8) is 0 Å². The number of thioether (sulfide) groups is 1. The minimum absolute atomic E-state index is 0.0325. The van der Waals surface area contributed by atoms with E-state index >= 15 is 0 Å². The molecule has 0 saturated carbocycles. The molecule has 0 bridgehead atoms. The van der Waals surface area contributed by atoms with E-state index in [1.165, 1.54) is 11.8 Å². The van der Waals surface area contributed by atoms with E-state index in [1.54, 1.807) is 11.8 Å². The van der Waals surface area contributed by atoms with Crippen LogP contribution in [0.3, 0.4) is 0 Å². The molecule has 1 amide bonds. The van der Waals surface area contributed by atoms with Gasteiger partial charge in [-0.05, 0) is 33.3 Å². The summed E-state index contributed by atoms with van der Waals surface area (Å²) < 4.78 is 5.41. The molecule has 3 rings (SSSR count). The van der Waals surface area contributed by atoms with E-state index in [0.717, 1.165) is 5.56 Å². The molecule has 0 radical (unpaired) electrons. The molecule has 1 fully saturated rings. The number of rotatable bonds is 3. The summed E-state index contributed by atoms with van der Waals surface area (Å²) >= 11 is 1.43. The van der Waals surface area contributed by atoms with E-state index < -0.39 is 12.0 Å². The second kappa shape index (κ2) is 6.43. The smallest absolute Gasteiger partial charge is 0.338 e. The average molecular weight is 344 g/mol. The maximum absolute atomic E-state index is 12.7. The Bertz CT molecular complexity index is 740. The molecule has 2 aliphatic rings. The highest BCUT2D eigenvalue weighted by Gasteiger charge is 2.46. The number of amides is 1. The second-order valence-electron chi connectivity index (χ2n) is 6.13. The van der Waals surface area contributed by atoms with E-state index in [0.29, 0.717) is 16.4 Å². The van der Waals surface area contributed by atoms with Gasteiger partial charge in [0.1, 0.15) is 0 Å². The van der Waals surface area contributed by atoms with Crippen LogP contribution in [0.15, 0.2) is 46.6 Å². The van der Waals surface area contributed by atoms with Crippen molar-refractivity contribution >= 4 is 28.8 Å². The number of hydrogen-bond acceptors (Lipinski definition) is 5. The van der Waals surface area contributed by atoms with Gasteiger partial charge in [-0.3, -0.25) is 9.69 Å². The topological polar surface area (TPSA) is 59.0 Å². The first kappa shape index (κ1) is 16.8. The Morgan fingerprint density at radius 2 is 1.96 bits per heavy atom. The summed E-state index contributed by atoms with van der Waals surface area (Å²) in [6, 6.07) is 9.06. The fraction of sp³-hybridized carbons (Fsp3) is 0.389. The Morgan fingerprint density at radius 1 is 1.29 bits per heavy atom. The zero-order chi connectivity index (χ0) is 17.4. The van der Waals surface area contributed by atoms with Crippen molar-refractivity contribution in [3.8, 4) is 0 Å². The molecule has 1 saturated heterocycles. The highest BCUT2D eigenvalue weighted by molar-refractivity contribution is 8.15. The van der Waals surface area contributed by atoms with Crippen LogP contribution in [0, 0.1) is 0 Å². The molecule has 2 atom stereocenters. The summed E-state index contributed by atoms with van der Waals surface area (Å²) in [6.07, 6.45) is -0.234. The molecule has 0 N–H and O–H groups in total. The van der Waals surface area contributed by atoms with Gasteiger partial charge < -0.3 is 4.74 Å². The second-order valence-corrected chi connectivity index (χ2v) is 7.44. The monoisotopic (exact) mass is 344 g/mol. The largest absolute Gasteiger partial charge is 0.459 e. The Kier molecular flexibility index (Phi) is 4.49. The van der Waals surface area contributed by atoms with Crippen molar-refractivity contribution in [3.05, 3.63) is 47.2 Å². The zero-order valence-corrected chi connectivity index (χ0v) is 15.0. The lowest BCUT2D eigenvalue weighted by atomic mass is 9.94. The number of amidine groups is 1. The van der Waals surface area contributed by atoms with E-state index in [2.05, 4.69) is 4.99 Å². The van der Waals surface area contributed by atoms with Gasteiger partial charge >= 0.3 is 5.97 Å². The molecule has 24 heavy (non-hydrogen) atoms. The summed E-state index contributed by atoms with van der Waals surface area (Å²) in [6.45, 7) is 7.27. The molecule has 5 nitrogen and oxygen atoms in total. The van der Waals surface area contributed by atoms with E-state index in [9.17, 15) is 9.59 Å². The lowest BCUT2D eigenvalue weighted by Crippen LogP contribution is -2.40. The predicted octanol–water partition coefficient (Wildman–Crippen LogP) is 3.29. The normalized spacial score (nSPS) is 23.5. The summed E-state index contributed by atoms with van der Waals surface area (Å²) in [7, 11) is 0. The zero-order valence-electron chi connectivity index (χ0n) is 14.1. The summed E-state index contributed by atoms with van der Waals surface area (Å²) in [5.74, 6) is -0.452. The van der Waals surface area contributed by atoms with Crippen molar-refractivity contribution in [1.82, 2.24) is 4.90 Å². The van der Waals surface area contributed by atoms with Gasteiger partial charge in [-0.25, -0.2) is 9.79 Å². The van der Waals surface area contributed by atoms with Crippen LogP contribution in [0.4, 0.5) is 0 Å². The number of nitrogens with zero attached hydrogens (tertiary/aromatic N) is 2. The number of benzene rings is 1. The first-order valence-electron chi connectivity index (χ1n) is 7.95. The average Bonchev–Trinajstić information content (AvgIpc) is 2.80. The maximum Gasteiger partial charge on any atom is 0.338 e. The fourth-order valence-corrected chi connectivity index (χ4v) is 3.92. The number of carbonyl (C=O) groups is 2. The molecule has 6 heteroatoms. The number of hydrogen-bond donors (Lipinski definition) is 0. The van der Waals surface area contributed by atoms with Gasteiger partial charge in [0.25, 0.3) is 0 Å². The lowest BCUT2D eigenvalue weighted by molar-refractivity contribution is -0.143. The van der Waals surface area contributed by atoms with Crippen molar-refractivity contribution in [2.45, 2.75) is 45.1 Å².